The number of carbonyl (C=O) groups excluding carboxylic acids is 1. The second kappa shape index (κ2) is 6.44. The van der Waals surface area contributed by atoms with Gasteiger partial charge in [-0.25, -0.2) is 4.98 Å². The van der Waals surface area contributed by atoms with Crippen LogP contribution in [0.4, 0.5) is 0 Å². The van der Waals surface area contributed by atoms with Gasteiger partial charge in [-0.05, 0) is 25.0 Å². The molecule has 3 rings (SSSR count). The maximum absolute atomic E-state index is 12.6. The molecule has 0 radical (unpaired) electrons. The lowest BCUT2D eigenvalue weighted by molar-refractivity contribution is -0.123. The van der Waals surface area contributed by atoms with Gasteiger partial charge in [-0.15, -0.1) is 6.42 Å². The Morgan fingerprint density at radius 2 is 2.08 bits per heavy atom. The number of fused-ring (bicyclic) bond motifs is 3. The first-order chi connectivity index (χ1) is 12.0. The molecule has 25 heavy (non-hydrogen) atoms. The molecule has 2 aromatic heterocycles. The van der Waals surface area contributed by atoms with Gasteiger partial charge < -0.3 is 9.73 Å². The molecule has 1 aromatic carbocycles. The van der Waals surface area contributed by atoms with Gasteiger partial charge >= 0.3 is 0 Å². The Morgan fingerprint density at radius 3 is 2.76 bits per heavy atom. The highest BCUT2D eigenvalue weighted by Gasteiger charge is 2.25. The van der Waals surface area contributed by atoms with Crippen LogP contribution in [0.1, 0.15) is 26.7 Å². The van der Waals surface area contributed by atoms with E-state index < -0.39 is 11.1 Å². The second-order valence-electron chi connectivity index (χ2n) is 5.94. The molecule has 0 aliphatic heterocycles. The summed E-state index contributed by atoms with van der Waals surface area (Å²) >= 11 is 0. The Kier molecular flexibility index (Phi) is 4.32. The Labute approximate surface area is 144 Å². The highest BCUT2D eigenvalue weighted by Crippen LogP contribution is 2.24. The number of terminal acetylenes is 1. The first-order valence-electron chi connectivity index (χ1n) is 8.19. The van der Waals surface area contributed by atoms with Crippen molar-refractivity contribution in [2.75, 3.05) is 0 Å². The van der Waals surface area contributed by atoms with Gasteiger partial charge in [0.25, 0.3) is 5.56 Å². The predicted molar refractivity (Wildman–Crippen MR) is 96.1 cm³/mol. The summed E-state index contributed by atoms with van der Waals surface area (Å²) in [5.74, 6) is 2.31. The topological polar surface area (TPSA) is 77.1 Å². The molecule has 0 spiro atoms. The van der Waals surface area contributed by atoms with Gasteiger partial charge in [-0.1, -0.05) is 31.9 Å². The zero-order chi connectivity index (χ0) is 18.0. The number of aromatic nitrogens is 2. The van der Waals surface area contributed by atoms with Crippen molar-refractivity contribution >= 4 is 28.0 Å². The number of nitrogens with zero attached hydrogens (tertiary/aromatic N) is 2. The molecule has 128 valence electrons. The molecule has 0 saturated carbocycles. The van der Waals surface area contributed by atoms with Crippen molar-refractivity contribution in [1.82, 2.24) is 14.9 Å². The van der Waals surface area contributed by atoms with E-state index in [0.717, 1.165) is 5.39 Å². The smallest absolute Gasteiger partial charge is 0.297 e. The van der Waals surface area contributed by atoms with E-state index >= 15 is 0 Å². The molecule has 0 bridgehead atoms. The summed E-state index contributed by atoms with van der Waals surface area (Å²) in [7, 11) is 0. The SMILES string of the molecule is C#CC(CC)(CC)NC(=O)Cn1cnc2c(oc3ccccc32)c1=O. The number of rotatable bonds is 5. The minimum absolute atomic E-state index is 0.144. The van der Waals surface area contributed by atoms with Crippen molar-refractivity contribution in [3.63, 3.8) is 0 Å². The molecule has 6 heteroatoms. The average molecular weight is 337 g/mol. The third kappa shape index (κ3) is 2.89. The van der Waals surface area contributed by atoms with E-state index in [1.165, 1.54) is 10.9 Å². The number of nitrogens with one attached hydrogen (secondary N) is 1. The van der Waals surface area contributed by atoms with Crippen LogP contribution in [0, 0.1) is 12.3 Å². The number of benzene rings is 1. The van der Waals surface area contributed by atoms with E-state index in [1.54, 1.807) is 6.07 Å². The summed E-state index contributed by atoms with van der Waals surface area (Å²) < 4.78 is 6.84. The Hall–Kier alpha value is -3.07. The van der Waals surface area contributed by atoms with E-state index in [4.69, 9.17) is 10.8 Å². The molecule has 0 aliphatic carbocycles. The largest absolute Gasteiger partial charge is 0.448 e. The number of amides is 1. The Bertz CT molecular complexity index is 1040. The van der Waals surface area contributed by atoms with Crippen LogP contribution in [0.3, 0.4) is 0 Å². The normalized spacial score (nSPS) is 11.6. The Balaban J connectivity index is 1.93. The average Bonchev–Trinajstić information content (AvgIpc) is 3.02. The van der Waals surface area contributed by atoms with Gasteiger partial charge in [0.2, 0.25) is 11.5 Å². The standard InChI is InChI=1S/C19H19N3O3/c1-4-19(5-2,6-3)21-15(23)11-22-12-20-16-13-9-7-8-10-14(13)25-17(16)18(22)24/h1,7-10,12H,5-6,11H2,2-3H3,(H,21,23). The van der Waals surface area contributed by atoms with Gasteiger partial charge in [0.05, 0.1) is 6.33 Å². The fraction of sp³-hybridized carbons (Fsp3) is 0.316. The van der Waals surface area contributed by atoms with E-state index in [1.807, 2.05) is 32.0 Å². The number of carbonyl (C=O) groups is 1. The summed E-state index contributed by atoms with van der Waals surface area (Å²) in [6.45, 7) is 3.66. The first kappa shape index (κ1) is 16.8. The second-order valence-corrected chi connectivity index (χ2v) is 5.94. The van der Waals surface area contributed by atoms with Gasteiger partial charge in [-0.2, -0.15) is 0 Å². The summed E-state index contributed by atoms with van der Waals surface area (Å²) in [5.41, 5.74) is 0.142. The lowest BCUT2D eigenvalue weighted by Gasteiger charge is -2.27. The minimum atomic E-state index is -0.697. The zero-order valence-electron chi connectivity index (χ0n) is 14.2. The van der Waals surface area contributed by atoms with Crippen LogP contribution < -0.4 is 10.9 Å². The van der Waals surface area contributed by atoms with Gasteiger partial charge in [0.1, 0.15) is 23.2 Å². The van der Waals surface area contributed by atoms with E-state index in [0.29, 0.717) is 23.9 Å². The molecule has 0 aliphatic rings. The maximum Gasteiger partial charge on any atom is 0.297 e. The van der Waals surface area contributed by atoms with Gasteiger partial charge in [-0.3, -0.25) is 14.2 Å². The van der Waals surface area contributed by atoms with Crippen LogP contribution in [0.25, 0.3) is 22.1 Å². The minimum Gasteiger partial charge on any atom is -0.448 e. The summed E-state index contributed by atoms with van der Waals surface area (Å²) in [6.07, 6.45) is 8.15. The van der Waals surface area contributed by atoms with Crippen LogP contribution in [0.2, 0.25) is 0 Å². The van der Waals surface area contributed by atoms with Crippen molar-refractivity contribution in [3.8, 4) is 12.3 Å². The van der Waals surface area contributed by atoms with Crippen LogP contribution >= 0.6 is 0 Å². The fourth-order valence-electron chi connectivity index (χ4n) is 2.86. The molecule has 2 heterocycles. The number of hydrogen-bond donors (Lipinski definition) is 1. The molecule has 6 nitrogen and oxygen atoms in total. The van der Waals surface area contributed by atoms with Gasteiger partial charge in [0.15, 0.2) is 0 Å². The van der Waals surface area contributed by atoms with E-state index in [2.05, 4.69) is 16.2 Å². The van der Waals surface area contributed by atoms with Crippen molar-refractivity contribution in [1.29, 1.82) is 0 Å². The molecular formula is C19H19N3O3. The molecule has 1 amide bonds. The van der Waals surface area contributed by atoms with Crippen molar-refractivity contribution in [2.24, 2.45) is 0 Å². The van der Waals surface area contributed by atoms with Gasteiger partial charge in [0, 0.05) is 5.39 Å². The number of furan rings is 1. The quantitative estimate of drug-likeness (QED) is 0.726. The highest BCUT2D eigenvalue weighted by molar-refractivity contribution is 6.01. The number of para-hydroxylation sites is 1. The lowest BCUT2D eigenvalue weighted by atomic mass is 9.94. The lowest BCUT2D eigenvalue weighted by Crippen LogP contribution is -2.48. The fourth-order valence-corrected chi connectivity index (χ4v) is 2.86. The summed E-state index contributed by atoms with van der Waals surface area (Å²) in [4.78, 5) is 29.2. The third-order valence-corrected chi connectivity index (χ3v) is 4.53. The molecule has 0 unspecified atom stereocenters. The van der Waals surface area contributed by atoms with E-state index in [-0.39, 0.29) is 18.0 Å². The first-order valence-corrected chi connectivity index (χ1v) is 8.19. The van der Waals surface area contributed by atoms with Crippen LogP contribution in [-0.4, -0.2) is 21.0 Å². The van der Waals surface area contributed by atoms with Crippen LogP contribution in [-0.2, 0) is 11.3 Å². The van der Waals surface area contributed by atoms with Crippen LogP contribution in [0.5, 0.6) is 0 Å². The molecule has 0 fully saturated rings. The molecule has 1 N–H and O–H groups in total. The Morgan fingerprint density at radius 1 is 1.36 bits per heavy atom. The third-order valence-electron chi connectivity index (χ3n) is 4.53. The predicted octanol–water partition coefficient (Wildman–Crippen LogP) is 2.45. The van der Waals surface area contributed by atoms with Crippen LogP contribution in [0.15, 0.2) is 39.8 Å². The molecular weight excluding hydrogens is 318 g/mol. The molecule has 0 saturated heterocycles. The van der Waals surface area contributed by atoms with Crippen molar-refractivity contribution < 1.29 is 9.21 Å². The highest BCUT2D eigenvalue weighted by atomic mass is 16.3. The van der Waals surface area contributed by atoms with Crippen molar-refractivity contribution in [2.45, 2.75) is 38.8 Å². The zero-order valence-corrected chi connectivity index (χ0v) is 14.2. The number of hydrogen-bond acceptors (Lipinski definition) is 4. The molecule has 0 atom stereocenters. The monoisotopic (exact) mass is 337 g/mol. The summed E-state index contributed by atoms with van der Waals surface area (Å²) in [5, 5.41) is 3.61. The summed E-state index contributed by atoms with van der Waals surface area (Å²) in [6, 6.07) is 7.30. The van der Waals surface area contributed by atoms with E-state index in [9.17, 15) is 9.59 Å². The van der Waals surface area contributed by atoms with Crippen molar-refractivity contribution in [3.05, 3.63) is 40.9 Å². The molecule has 3 aromatic rings. The maximum atomic E-state index is 12.6.